The van der Waals surface area contributed by atoms with E-state index in [9.17, 15) is 4.79 Å². The quantitative estimate of drug-likeness (QED) is 0.522. The van der Waals surface area contributed by atoms with E-state index in [0.717, 1.165) is 19.3 Å². The molecule has 2 fully saturated rings. The zero-order valence-electron chi connectivity index (χ0n) is 18.2. The molecule has 0 saturated carbocycles. The van der Waals surface area contributed by atoms with Crippen LogP contribution in [0.4, 0.5) is 0 Å². The molecule has 0 aliphatic carbocycles. The monoisotopic (exact) mass is 424 g/mol. The minimum atomic E-state index is -2.51. The summed E-state index contributed by atoms with van der Waals surface area (Å²) in [5, 5.41) is 2.55. The van der Waals surface area contributed by atoms with Gasteiger partial charge in [-0.3, -0.25) is 4.79 Å². The van der Waals surface area contributed by atoms with Gasteiger partial charge in [0.25, 0.3) is 8.32 Å². The number of hydrogen-bond donors (Lipinski definition) is 0. The maximum absolute atomic E-state index is 11.6. The number of hydrogen-bond acceptors (Lipinski definition) is 4. The Bertz CT molecular complexity index is 791. The summed E-state index contributed by atoms with van der Waals surface area (Å²) in [7, 11) is -2.51. The third kappa shape index (κ3) is 4.24. The first-order chi connectivity index (χ1) is 14.4. The summed E-state index contributed by atoms with van der Waals surface area (Å²) in [6.45, 7) is 7.51. The van der Waals surface area contributed by atoms with Crippen molar-refractivity contribution in [2.24, 2.45) is 0 Å². The molecule has 4 nitrogen and oxygen atoms in total. The summed E-state index contributed by atoms with van der Waals surface area (Å²) in [6.07, 6.45) is 2.88. The Morgan fingerprint density at radius 3 is 2.07 bits per heavy atom. The summed E-state index contributed by atoms with van der Waals surface area (Å²) >= 11 is 0. The Labute approximate surface area is 180 Å². The van der Waals surface area contributed by atoms with Crippen LogP contribution in [0.2, 0.25) is 5.04 Å². The molecule has 0 unspecified atom stereocenters. The lowest BCUT2D eigenvalue weighted by Crippen LogP contribution is -2.66. The van der Waals surface area contributed by atoms with Gasteiger partial charge in [0.05, 0.1) is 18.6 Å². The summed E-state index contributed by atoms with van der Waals surface area (Å²) in [4.78, 5) is 11.6. The molecule has 160 valence electrons. The average Bonchev–Trinajstić information content (AvgIpc) is 2.71. The molecular formula is C25H32O4Si. The van der Waals surface area contributed by atoms with Crippen molar-refractivity contribution in [1.82, 2.24) is 0 Å². The number of carbonyl (C=O) groups is 1. The minimum absolute atomic E-state index is 0.00265. The van der Waals surface area contributed by atoms with Crippen molar-refractivity contribution in [3.8, 4) is 0 Å². The SMILES string of the molecule is CC(C)(C)[Si](OCC[C@H]1C[C@H]2C[C@H](CC(=O)O2)O1)(c1ccccc1)c1ccccc1. The van der Waals surface area contributed by atoms with Gasteiger partial charge in [-0.15, -0.1) is 0 Å². The fourth-order valence-electron chi connectivity index (χ4n) is 5.00. The van der Waals surface area contributed by atoms with E-state index in [2.05, 4.69) is 81.4 Å². The van der Waals surface area contributed by atoms with E-state index >= 15 is 0 Å². The highest BCUT2D eigenvalue weighted by Gasteiger charge is 2.50. The van der Waals surface area contributed by atoms with Gasteiger partial charge in [0.2, 0.25) is 0 Å². The molecule has 0 amide bonds. The maximum atomic E-state index is 11.6. The Morgan fingerprint density at radius 2 is 1.53 bits per heavy atom. The number of fused-ring (bicyclic) bond motifs is 2. The van der Waals surface area contributed by atoms with E-state index in [0.29, 0.717) is 13.0 Å². The van der Waals surface area contributed by atoms with Crippen LogP contribution in [0.1, 0.15) is 46.5 Å². The molecule has 2 bridgehead atoms. The summed E-state index contributed by atoms with van der Waals surface area (Å²) in [6, 6.07) is 21.4. The molecule has 2 saturated heterocycles. The highest BCUT2D eigenvalue weighted by molar-refractivity contribution is 6.99. The molecule has 2 aromatic rings. The Balaban J connectivity index is 1.56. The van der Waals surface area contributed by atoms with Gasteiger partial charge in [0, 0.05) is 19.4 Å². The first-order valence-electron chi connectivity index (χ1n) is 11.0. The Hall–Kier alpha value is -1.95. The lowest BCUT2D eigenvalue weighted by Gasteiger charge is -2.44. The van der Waals surface area contributed by atoms with Gasteiger partial charge in [0.1, 0.15) is 6.10 Å². The summed E-state index contributed by atoms with van der Waals surface area (Å²) in [5.74, 6) is -0.127. The smallest absolute Gasteiger partial charge is 0.308 e. The van der Waals surface area contributed by atoms with E-state index in [4.69, 9.17) is 13.9 Å². The molecule has 2 heterocycles. The van der Waals surface area contributed by atoms with Crippen LogP contribution in [-0.4, -0.2) is 39.2 Å². The first kappa shape index (κ1) is 21.3. The van der Waals surface area contributed by atoms with Gasteiger partial charge in [0.15, 0.2) is 0 Å². The molecule has 2 aliphatic rings. The van der Waals surface area contributed by atoms with Crippen LogP contribution in [-0.2, 0) is 18.7 Å². The molecule has 3 atom stereocenters. The zero-order valence-corrected chi connectivity index (χ0v) is 19.2. The molecule has 30 heavy (non-hydrogen) atoms. The van der Waals surface area contributed by atoms with Crippen LogP contribution in [0, 0.1) is 0 Å². The largest absolute Gasteiger partial charge is 0.462 e. The van der Waals surface area contributed by atoms with Crippen molar-refractivity contribution in [2.45, 2.75) is 69.8 Å². The van der Waals surface area contributed by atoms with Crippen LogP contribution < -0.4 is 10.4 Å². The second-order valence-corrected chi connectivity index (χ2v) is 13.8. The first-order valence-corrected chi connectivity index (χ1v) is 12.9. The van der Waals surface area contributed by atoms with Gasteiger partial charge in [-0.05, 0) is 21.8 Å². The molecule has 2 aliphatic heterocycles. The van der Waals surface area contributed by atoms with E-state index in [1.165, 1.54) is 10.4 Å². The predicted molar refractivity (Wildman–Crippen MR) is 121 cm³/mol. The van der Waals surface area contributed by atoms with Gasteiger partial charge >= 0.3 is 5.97 Å². The fraction of sp³-hybridized carbons (Fsp3) is 0.480. The van der Waals surface area contributed by atoms with E-state index < -0.39 is 8.32 Å². The minimum Gasteiger partial charge on any atom is -0.462 e. The molecular weight excluding hydrogens is 392 g/mol. The molecule has 0 radical (unpaired) electrons. The molecule has 0 spiro atoms. The Morgan fingerprint density at radius 1 is 0.933 bits per heavy atom. The van der Waals surface area contributed by atoms with Crippen molar-refractivity contribution in [3.05, 3.63) is 60.7 Å². The second kappa shape index (κ2) is 8.65. The van der Waals surface area contributed by atoms with Crippen LogP contribution in [0.25, 0.3) is 0 Å². The standard InChI is InChI=1S/C25H32O4Si/c1-25(2,3)30(22-10-6-4-7-11-22,23-12-8-5-9-13-23)27-15-14-19-16-20-17-21(28-19)18-24(26)29-20/h4-13,19-21H,14-18H2,1-3H3/t19-,20-,21+/m0/s1. The Kier molecular flexibility index (Phi) is 6.14. The molecule has 2 aromatic carbocycles. The van der Waals surface area contributed by atoms with Gasteiger partial charge < -0.3 is 13.9 Å². The van der Waals surface area contributed by atoms with E-state index in [1.807, 2.05) is 0 Å². The predicted octanol–water partition coefficient (Wildman–Crippen LogP) is 3.82. The molecule has 4 rings (SSSR count). The van der Waals surface area contributed by atoms with Gasteiger partial charge in [-0.2, -0.15) is 0 Å². The van der Waals surface area contributed by atoms with Crippen molar-refractivity contribution < 1.29 is 18.7 Å². The second-order valence-electron chi connectivity index (χ2n) is 9.47. The van der Waals surface area contributed by atoms with Crippen molar-refractivity contribution in [3.63, 3.8) is 0 Å². The molecule has 0 N–H and O–H groups in total. The number of benzene rings is 2. The van der Waals surface area contributed by atoms with Gasteiger partial charge in [-0.1, -0.05) is 81.4 Å². The molecule has 0 aromatic heterocycles. The van der Waals surface area contributed by atoms with Crippen LogP contribution in [0.15, 0.2) is 60.7 Å². The topological polar surface area (TPSA) is 44.8 Å². The fourth-order valence-corrected chi connectivity index (χ4v) is 9.58. The number of ether oxygens (including phenoxy) is 2. The zero-order chi connectivity index (χ0) is 21.2. The number of esters is 1. The maximum Gasteiger partial charge on any atom is 0.308 e. The van der Waals surface area contributed by atoms with Crippen LogP contribution in [0.3, 0.4) is 0 Å². The summed E-state index contributed by atoms with van der Waals surface area (Å²) < 4.78 is 18.6. The van der Waals surface area contributed by atoms with Gasteiger partial charge in [-0.25, -0.2) is 0 Å². The van der Waals surface area contributed by atoms with E-state index in [1.54, 1.807) is 0 Å². The summed E-state index contributed by atoms with van der Waals surface area (Å²) in [5.41, 5.74) is 0. The highest BCUT2D eigenvalue weighted by Crippen LogP contribution is 2.37. The van der Waals surface area contributed by atoms with Crippen molar-refractivity contribution in [2.75, 3.05) is 6.61 Å². The van der Waals surface area contributed by atoms with Crippen molar-refractivity contribution >= 4 is 24.7 Å². The lowest BCUT2D eigenvalue weighted by molar-refractivity contribution is -0.185. The molecule has 5 heteroatoms. The van der Waals surface area contributed by atoms with Crippen LogP contribution in [0.5, 0.6) is 0 Å². The highest BCUT2D eigenvalue weighted by atomic mass is 28.4. The van der Waals surface area contributed by atoms with E-state index in [-0.39, 0.29) is 29.3 Å². The number of rotatable bonds is 6. The van der Waals surface area contributed by atoms with Crippen LogP contribution >= 0.6 is 0 Å². The van der Waals surface area contributed by atoms with Crippen molar-refractivity contribution in [1.29, 1.82) is 0 Å². The third-order valence-electron chi connectivity index (χ3n) is 6.30. The normalized spacial score (nSPS) is 24.4. The third-order valence-corrected chi connectivity index (χ3v) is 11.3. The number of carbonyl (C=O) groups excluding carboxylic acids is 1. The lowest BCUT2D eigenvalue weighted by atomic mass is 9.95. The average molecular weight is 425 g/mol.